The number of benzene rings is 2. The fourth-order valence-electron chi connectivity index (χ4n) is 2.66. The number of methoxy groups -OCH3 is 1. The lowest BCUT2D eigenvalue weighted by atomic mass is 10.1. The van der Waals surface area contributed by atoms with Crippen LogP contribution in [0, 0.1) is 0 Å². The molecule has 0 aliphatic heterocycles. The smallest absolute Gasteiger partial charge is 0.165 e. The van der Waals surface area contributed by atoms with E-state index in [1.54, 1.807) is 7.11 Å². The van der Waals surface area contributed by atoms with Gasteiger partial charge in [-0.2, -0.15) is 0 Å². The van der Waals surface area contributed by atoms with Crippen LogP contribution in [-0.4, -0.2) is 18.0 Å². The Labute approximate surface area is 123 Å². The SMILES string of the molecule is COc1ccc2c(c1OCc1ccccc1)CC/C2=N\O. The average Bonchev–Trinajstić information content (AvgIpc) is 2.96. The van der Waals surface area contributed by atoms with Gasteiger partial charge in [-0.05, 0) is 30.5 Å². The molecule has 0 saturated heterocycles. The molecule has 1 N–H and O–H groups in total. The maximum absolute atomic E-state index is 9.05. The van der Waals surface area contributed by atoms with E-state index < -0.39 is 0 Å². The molecule has 0 radical (unpaired) electrons. The Morgan fingerprint density at radius 3 is 2.62 bits per heavy atom. The Morgan fingerprint density at radius 2 is 1.90 bits per heavy atom. The summed E-state index contributed by atoms with van der Waals surface area (Å²) in [5.74, 6) is 1.46. The number of oxime groups is 1. The predicted octanol–water partition coefficient (Wildman–Crippen LogP) is 3.40. The Balaban J connectivity index is 1.92. The number of fused-ring (bicyclic) bond motifs is 1. The van der Waals surface area contributed by atoms with Gasteiger partial charge in [0.1, 0.15) is 6.61 Å². The van der Waals surface area contributed by atoms with E-state index >= 15 is 0 Å². The van der Waals surface area contributed by atoms with Crippen molar-refractivity contribution >= 4 is 5.71 Å². The highest BCUT2D eigenvalue weighted by atomic mass is 16.5. The molecule has 0 spiro atoms. The van der Waals surface area contributed by atoms with Gasteiger partial charge >= 0.3 is 0 Å². The van der Waals surface area contributed by atoms with Gasteiger partial charge in [-0.25, -0.2) is 0 Å². The molecule has 0 fully saturated rings. The molecule has 0 aromatic heterocycles. The van der Waals surface area contributed by atoms with Crippen molar-refractivity contribution in [2.24, 2.45) is 5.16 Å². The van der Waals surface area contributed by atoms with Gasteiger partial charge in [-0.3, -0.25) is 0 Å². The quantitative estimate of drug-likeness (QED) is 0.691. The van der Waals surface area contributed by atoms with E-state index in [0.717, 1.165) is 35.3 Å². The van der Waals surface area contributed by atoms with Crippen LogP contribution in [0.3, 0.4) is 0 Å². The number of hydrogen-bond donors (Lipinski definition) is 1. The van der Waals surface area contributed by atoms with Crippen LogP contribution >= 0.6 is 0 Å². The van der Waals surface area contributed by atoms with Crippen LogP contribution in [0.25, 0.3) is 0 Å². The first-order valence-corrected chi connectivity index (χ1v) is 6.91. The van der Waals surface area contributed by atoms with Crippen molar-refractivity contribution in [1.29, 1.82) is 0 Å². The Hall–Kier alpha value is -2.49. The van der Waals surface area contributed by atoms with Gasteiger partial charge in [-0.1, -0.05) is 35.5 Å². The molecule has 4 nitrogen and oxygen atoms in total. The number of nitrogens with zero attached hydrogens (tertiary/aromatic N) is 1. The summed E-state index contributed by atoms with van der Waals surface area (Å²) in [6.45, 7) is 0.485. The zero-order valence-electron chi connectivity index (χ0n) is 11.9. The van der Waals surface area contributed by atoms with Crippen LogP contribution in [0.2, 0.25) is 0 Å². The average molecular weight is 283 g/mol. The third-order valence-corrected chi connectivity index (χ3v) is 3.71. The summed E-state index contributed by atoms with van der Waals surface area (Å²) in [7, 11) is 1.63. The minimum Gasteiger partial charge on any atom is -0.493 e. The molecule has 3 rings (SSSR count). The molecule has 108 valence electrons. The van der Waals surface area contributed by atoms with Gasteiger partial charge in [0.05, 0.1) is 12.8 Å². The van der Waals surface area contributed by atoms with Gasteiger partial charge in [0, 0.05) is 11.1 Å². The van der Waals surface area contributed by atoms with E-state index in [0.29, 0.717) is 18.1 Å². The standard InChI is InChI=1S/C17H17NO3/c1-20-16-10-8-13-14(7-9-15(13)18-19)17(16)21-11-12-5-3-2-4-6-12/h2-6,8,10,19H,7,9,11H2,1H3/b18-15+. The lowest BCUT2D eigenvalue weighted by Crippen LogP contribution is -2.02. The second-order valence-corrected chi connectivity index (χ2v) is 4.94. The number of rotatable bonds is 4. The number of ether oxygens (including phenoxy) is 2. The lowest BCUT2D eigenvalue weighted by molar-refractivity contribution is 0.281. The molecule has 0 saturated carbocycles. The van der Waals surface area contributed by atoms with Crippen molar-refractivity contribution in [2.75, 3.05) is 7.11 Å². The Morgan fingerprint density at radius 1 is 1.10 bits per heavy atom. The predicted molar refractivity (Wildman–Crippen MR) is 80.4 cm³/mol. The molecular formula is C17H17NO3. The van der Waals surface area contributed by atoms with Gasteiger partial charge < -0.3 is 14.7 Å². The zero-order valence-corrected chi connectivity index (χ0v) is 11.9. The monoisotopic (exact) mass is 283 g/mol. The van der Waals surface area contributed by atoms with Crippen LogP contribution in [-0.2, 0) is 13.0 Å². The van der Waals surface area contributed by atoms with Crippen molar-refractivity contribution < 1.29 is 14.7 Å². The van der Waals surface area contributed by atoms with E-state index in [9.17, 15) is 0 Å². The second kappa shape index (κ2) is 5.87. The Bertz CT molecular complexity index is 665. The van der Waals surface area contributed by atoms with Gasteiger partial charge in [0.25, 0.3) is 0 Å². The maximum Gasteiger partial charge on any atom is 0.165 e. The first kappa shape index (κ1) is 13.5. The van der Waals surface area contributed by atoms with Gasteiger partial charge in [0.2, 0.25) is 0 Å². The largest absolute Gasteiger partial charge is 0.493 e. The van der Waals surface area contributed by atoms with Crippen molar-refractivity contribution in [2.45, 2.75) is 19.4 Å². The lowest BCUT2D eigenvalue weighted by Gasteiger charge is -2.14. The highest BCUT2D eigenvalue weighted by Crippen LogP contribution is 2.39. The summed E-state index contributed by atoms with van der Waals surface area (Å²) in [6.07, 6.45) is 1.52. The van der Waals surface area contributed by atoms with Crippen LogP contribution in [0.5, 0.6) is 11.5 Å². The third kappa shape index (κ3) is 2.57. The molecule has 0 amide bonds. The fourth-order valence-corrected chi connectivity index (χ4v) is 2.66. The molecule has 0 atom stereocenters. The summed E-state index contributed by atoms with van der Waals surface area (Å²) in [5, 5.41) is 12.4. The second-order valence-electron chi connectivity index (χ2n) is 4.94. The van der Waals surface area contributed by atoms with E-state index in [4.69, 9.17) is 14.7 Å². The topological polar surface area (TPSA) is 51.0 Å². The first-order valence-electron chi connectivity index (χ1n) is 6.91. The van der Waals surface area contributed by atoms with E-state index in [2.05, 4.69) is 5.16 Å². The molecule has 1 aliphatic rings. The minimum absolute atomic E-state index is 0.485. The molecule has 4 heteroatoms. The van der Waals surface area contributed by atoms with Gasteiger partial charge in [0.15, 0.2) is 11.5 Å². The normalized spacial score (nSPS) is 15.0. The van der Waals surface area contributed by atoms with E-state index in [1.165, 1.54) is 0 Å². The zero-order chi connectivity index (χ0) is 14.7. The van der Waals surface area contributed by atoms with Crippen molar-refractivity contribution in [3.05, 3.63) is 59.2 Å². The minimum atomic E-state index is 0.485. The van der Waals surface area contributed by atoms with Crippen LogP contribution in [0.4, 0.5) is 0 Å². The molecule has 1 aliphatic carbocycles. The third-order valence-electron chi connectivity index (χ3n) is 3.71. The van der Waals surface area contributed by atoms with Crippen molar-refractivity contribution in [3.63, 3.8) is 0 Å². The molecule has 0 unspecified atom stereocenters. The molecule has 2 aromatic carbocycles. The van der Waals surface area contributed by atoms with Crippen molar-refractivity contribution in [1.82, 2.24) is 0 Å². The van der Waals surface area contributed by atoms with Gasteiger partial charge in [-0.15, -0.1) is 0 Å². The summed E-state index contributed by atoms with van der Waals surface area (Å²) in [6, 6.07) is 13.8. The molecule has 2 aromatic rings. The maximum atomic E-state index is 9.05. The van der Waals surface area contributed by atoms with Crippen molar-refractivity contribution in [3.8, 4) is 11.5 Å². The Kier molecular flexibility index (Phi) is 3.77. The fraction of sp³-hybridized carbons (Fsp3) is 0.235. The summed E-state index contributed by atoms with van der Waals surface area (Å²) in [4.78, 5) is 0. The summed E-state index contributed by atoms with van der Waals surface area (Å²) in [5.41, 5.74) is 3.81. The first-order chi connectivity index (χ1) is 10.3. The van der Waals surface area contributed by atoms with Crippen LogP contribution in [0.15, 0.2) is 47.6 Å². The van der Waals surface area contributed by atoms with E-state index in [-0.39, 0.29) is 0 Å². The van der Waals surface area contributed by atoms with Crippen LogP contribution in [0.1, 0.15) is 23.1 Å². The molecule has 0 heterocycles. The summed E-state index contributed by atoms with van der Waals surface area (Å²) < 4.78 is 11.4. The summed E-state index contributed by atoms with van der Waals surface area (Å²) >= 11 is 0. The molecule has 21 heavy (non-hydrogen) atoms. The highest BCUT2D eigenvalue weighted by molar-refractivity contribution is 6.05. The molecule has 0 bridgehead atoms. The molecular weight excluding hydrogens is 266 g/mol. The van der Waals surface area contributed by atoms with Crippen LogP contribution < -0.4 is 9.47 Å². The highest BCUT2D eigenvalue weighted by Gasteiger charge is 2.24. The number of hydrogen-bond acceptors (Lipinski definition) is 4. The van der Waals surface area contributed by atoms with E-state index in [1.807, 2.05) is 42.5 Å².